The van der Waals surface area contributed by atoms with Crippen molar-refractivity contribution in [1.82, 2.24) is 20.8 Å². The zero-order valence-corrected chi connectivity index (χ0v) is 16.8. The van der Waals surface area contributed by atoms with Crippen LogP contribution in [0.15, 0.2) is 27.2 Å². The van der Waals surface area contributed by atoms with Crippen LogP contribution in [0, 0.1) is 0 Å². The van der Waals surface area contributed by atoms with Crippen LogP contribution in [0.5, 0.6) is 0 Å². The van der Waals surface area contributed by atoms with Crippen LogP contribution < -0.4 is 10.6 Å². The minimum Gasteiger partial charge on any atom is -0.341 e. The molecule has 1 aliphatic heterocycles. The number of fused-ring (bicyclic) bond motifs is 1. The number of carbonyl (C=O) groups excluding carboxylic acids is 1. The lowest BCUT2D eigenvalue weighted by molar-refractivity contribution is 0.0890. The molecule has 0 aliphatic carbocycles. The Morgan fingerprint density at radius 2 is 2.16 bits per heavy atom. The van der Waals surface area contributed by atoms with Crippen molar-refractivity contribution in [1.29, 1.82) is 0 Å². The third-order valence-electron chi connectivity index (χ3n) is 4.00. The van der Waals surface area contributed by atoms with Crippen LogP contribution in [-0.4, -0.2) is 22.6 Å². The Bertz CT molecular complexity index is 757. The van der Waals surface area contributed by atoms with Gasteiger partial charge in [0.15, 0.2) is 5.82 Å². The van der Waals surface area contributed by atoms with Gasteiger partial charge in [-0.3, -0.25) is 4.79 Å². The summed E-state index contributed by atoms with van der Waals surface area (Å²) in [5.74, 6) is 0.203. The van der Waals surface area contributed by atoms with Gasteiger partial charge in [0.25, 0.3) is 0 Å². The number of rotatable bonds is 2. The van der Waals surface area contributed by atoms with Crippen LogP contribution in [0.3, 0.4) is 0 Å². The summed E-state index contributed by atoms with van der Waals surface area (Å²) in [4.78, 5) is 16.7. The van der Waals surface area contributed by atoms with Gasteiger partial charge in [0.1, 0.15) is 0 Å². The highest BCUT2D eigenvalue weighted by Crippen LogP contribution is 2.27. The fraction of sp³-hybridized carbons (Fsp3) is 0.471. The van der Waals surface area contributed by atoms with E-state index in [1.54, 1.807) is 0 Å². The van der Waals surface area contributed by atoms with Gasteiger partial charge in [0.05, 0.1) is 6.04 Å². The minimum absolute atomic E-state index is 0. The molecular formula is C17H22BrClN4O2. The number of amides is 1. The Labute approximate surface area is 161 Å². The number of hydrogen-bond acceptors (Lipinski definition) is 5. The molecular weight excluding hydrogens is 408 g/mol. The molecule has 2 heterocycles. The van der Waals surface area contributed by atoms with E-state index in [2.05, 4.69) is 42.8 Å². The number of nitrogens with zero attached hydrogens (tertiary/aromatic N) is 2. The predicted molar refractivity (Wildman–Crippen MR) is 101 cm³/mol. The van der Waals surface area contributed by atoms with E-state index in [0.717, 1.165) is 29.5 Å². The normalized spacial score (nSPS) is 17.2. The van der Waals surface area contributed by atoms with Crippen LogP contribution in [0.4, 0.5) is 0 Å². The van der Waals surface area contributed by atoms with E-state index in [-0.39, 0.29) is 35.7 Å². The van der Waals surface area contributed by atoms with Gasteiger partial charge in [-0.1, -0.05) is 47.9 Å². The fourth-order valence-corrected chi connectivity index (χ4v) is 3.09. The van der Waals surface area contributed by atoms with Gasteiger partial charge in [-0.25, -0.2) is 0 Å². The summed E-state index contributed by atoms with van der Waals surface area (Å²) in [6.07, 6.45) is 0.806. The van der Waals surface area contributed by atoms with Crippen molar-refractivity contribution >= 4 is 34.2 Å². The molecule has 1 atom stereocenters. The van der Waals surface area contributed by atoms with E-state index in [4.69, 9.17) is 4.52 Å². The molecule has 25 heavy (non-hydrogen) atoms. The molecule has 0 radical (unpaired) electrons. The fourth-order valence-electron chi connectivity index (χ4n) is 2.68. The van der Waals surface area contributed by atoms with Crippen LogP contribution >= 0.6 is 28.3 Å². The summed E-state index contributed by atoms with van der Waals surface area (Å²) in [6, 6.07) is 6.04. The Hall–Kier alpha value is -1.44. The summed E-state index contributed by atoms with van der Waals surface area (Å²) in [5.41, 5.74) is 2.04. The van der Waals surface area contributed by atoms with Gasteiger partial charge in [-0.05, 0) is 36.2 Å². The molecule has 0 bridgehead atoms. The molecule has 0 spiro atoms. The third kappa shape index (κ3) is 4.59. The van der Waals surface area contributed by atoms with Crippen molar-refractivity contribution in [2.45, 2.75) is 45.2 Å². The monoisotopic (exact) mass is 428 g/mol. The Balaban J connectivity index is 0.00000225. The van der Waals surface area contributed by atoms with Gasteiger partial charge in [0.2, 0.25) is 0 Å². The van der Waals surface area contributed by atoms with Gasteiger partial charge >= 0.3 is 11.8 Å². The second kappa shape index (κ2) is 7.85. The number of nitrogens with one attached hydrogen (secondary N) is 2. The number of benzene rings is 1. The smallest absolute Gasteiger partial charge is 0.315 e. The highest BCUT2D eigenvalue weighted by atomic mass is 79.9. The van der Waals surface area contributed by atoms with E-state index in [0.29, 0.717) is 5.82 Å². The maximum atomic E-state index is 12.5. The minimum atomic E-state index is -0.334. The van der Waals surface area contributed by atoms with Crippen molar-refractivity contribution in [3.63, 3.8) is 0 Å². The standard InChI is InChI=1S/C17H21BrN4O2.ClH/c1-17(2,3)16-21-15(24-22-16)14(23)20-13-6-7-19-9-10-8-11(18)4-5-12(10)13;/h4-5,8,13,19H,6-7,9H2,1-3H3,(H,20,23);1H. The molecule has 1 aromatic heterocycles. The van der Waals surface area contributed by atoms with Crippen molar-refractivity contribution in [2.24, 2.45) is 0 Å². The first-order valence-electron chi connectivity index (χ1n) is 7.98. The van der Waals surface area contributed by atoms with Crippen LogP contribution in [0.1, 0.15) is 60.9 Å². The lowest BCUT2D eigenvalue weighted by Crippen LogP contribution is -2.30. The molecule has 0 saturated heterocycles. The number of hydrogen-bond donors (Lipinski definition) is 2. The zero-order chi connectivity index (χ0) is 17.3. The highest BCUT2D eigenvalue weighted by Gasteiger charge is 2.26. The summed E-state index contributed by atoms with van der Waals surface area (Å²) in [6.45, 7) is 7.55. The van der Waals surface area contributed by atoms with Crippen molar-refractivity contribution in [3.05, 3.63) is 45.5 Å². The molecule has 3 rings (SSSR count). The molecule has 0 saturated carbocycles. The van der Waals surface area contributed by atoms with Crippen molar-refractivity contribution < 1.29 is 9.32 Å². The van der Waals surface area contributed by atoms with Crippen molar-refractivity contribution in [2.75, 3.05) is 6.54 Å². The Kier molecular flexibility index (Phi) is 6.24. The van der Waals surface area contributed by atoms with Gasteiger partial charge in [-0.2, -0.15) is 4.98 Å². The zero-order valence-electron chi connectivity index (χ0n) is 14.4. The van der Waals surface area contributed by atoms with E-state index >= 15 is 0 Å². The highest BCUT2D eigenvalue weighted by molar-refractivity contribution is 9.10. The number of halogens is 2. The summed E-state index contributed by atoms with van der Waals surface area (Å²) in [5, 5.41) is 10.3. The lowest BCUT2D eigenvalue weighted by Gasteiger charge is -2.18. The van der Waals surface area contributed by atoms with Crippen LogP contribution in [-0.2, 0) is 12.0 Å². The second-order valence-electron chi connectivity index (χ2n) is 7.01. The summed E-state index contributed by atoms with van der Waals surface area (Å²) >= 11 is 3.50. The summed E-state index contributed by atoms with van der Waals surface area (Å²) in [7, 11) is 0. The van der Waals surface area contributed by atoms with E-state index < -0.39 is 0 Å². The number of aromatic nitrogens is 2. The molecule has 2 aromatic rings. The summed E-state index contributed by atoms with van der Waals surface area (Å²) < 4.78 is 6.17. The maximum Gasteiger partial charge on any atom is 0.315 e. The van der Waals surface area contributed by atoms with Gasteiger partial charge in [0, 0.05) is 16.4 Å². The van der Waals surface area contributed by atoms with Gasteiger partial charge in [-0.15, -0.1) is 12.4 Å². The molecule has 136 valence electrons. The first-order valence-corrected chi connectivity index (χ1v) is 8.78. The third-order valence-corrected chi connectivity index (χ3v) is 4.50. The molecule has 0 fully saturated rings. The van der Waals surface area contributed by atoms with Gasteiger partial charge < -0.3 is 15.2 Å². The maximum absolute atomic E-state index is 12.5. The van der Waals surface area contributed by atoms with E-state index in [1.807, 2.05) is 32.9 Å². The largest absolute Gasteiger partial charge is 0.341 e. The number of carbonyl (C=O) groups is 1. The van der Waals surface area contributed by atoms with Crippen LogP contribution in [0.2, 0.25) is 0 Å². The van der Waals surface area contributed by atoms with Crippen molar-refractivity contribution in [3.8, 4) is 0 Å². The topological polar surface area (TPSA) is 80.0 Å². The molecule has 1 unspecified atom stereocenters. The average Bonchev–Trinajstić information content (AvgIpc) is 2.93. The second-order valence-corrected chi connectivity index (χ2v) is 7.92. The Morgan fingerprint density at radius 1 is 1.40 bits per heavy atom. The predicted octanol–water partition coefficient (Wildman–Crippen LogP) is 3.52. The molecule has 1 amide bonds. The first kappa shape index (κ1) is 19.9. The van der Waals surface area contributed by atoms with E-state index in [1.165, 1.54) is 5.56 Å². The van der Waals surface area contributed by atoms with Crippen LogP contribution in [0.25, 0.3) is 0 Å². The average molecular weight is 430 g/mol. The molecule has 1 aliphatic rings. The molecule has 8 heteroatoms. The Morgan fingerprint density at radius 3 is 2.84 bits per heavy atom. The van der Waals surface area contributed by atoms with E-state index in [9.17, 15) is 4.79 Å². The lowest BCUT2D eigenvalue weighted by atomic mass is 9.96. The molecule has 1 aromatic carbocycles. The SMILES string of the molecule is CC(C)(C)c1noc(C(=O)NC2CCNCc3cc(Br)ccc32)n1.Cl. The quantitative estimate of drug-likeness (QED) is 0.763. The molecule has 6 nitrogen and oxygen atoms in total. The first-order chi connectivity index (χ1) is 11.3. The molecule has 2 N–H and O–H groups in total.